The second-order valence-electron chi connectivity index (χ2n) is 10.8. The van der Waals surface area contributed by atoms with Crippen molar-refractivity contribution in [1.82, 2.24) is 14.9 Å². The van der Waals surface area contributed by atoms with Gasteiger partial charge in [-0.15, -0.1) is 11.3 Å². The lowest BCUT2D eigenvalue weighted by Crippen LogP contribution is -2.36. The maximum absolute atomic E-state index is 13.5. The quantitative estimate of drug-likeness (QED) is 0.294. The maximum atomic E-state index is 13.5. The van der Waals surface area contributed by atoms with Gasteiger partial charge in [-0.3, -0.25) is 9.59 Å². The van der Waals surface area contributed by atoms with Crippen LogP contribution in [0.4, 0.5) is 0 Å². The highest BCUT2D eigenvalue weighted by atomic mass is 32.1. The van der Waals surface area contributed by atoms with Crippen LogP contribution in [-0.4, -0.2) is 32.4 Å². The van der Waals surface area contributed by atoms with Crippen molar-refractivity contribution < 1.29 is 9.90 Å². The van der Waals surface area contributed by atoms with Crippen LogP contribution in [0.2, 0.25) is 0 Å². The fourth-order valence-electron chi connectivity index (χ4n) is 5.88. The fourth-order valence-corrected chi connectivity index (χ4v) is 6.94. The molecule has 200 valence electrons. The summed E-state index contributed by atoms with van der Waals surface area (Å²) in [5, 5.41) is 12.3. The summed E-state index contributed by atoms with van der Waals surface area (Å²) in [5.41, 5.74) is 3.54. The Kier molecular flexibility index (Phi) is 6.13. The number of fused-ring (bicyclic) bond motifs is 2. The SMILES string of the molecule is O=C([C@H](O)c1cccc(-c2cc3ccccc3s2)c1)N1CCCc2nc(C3(c4ccccc4)CC3)[nH]c(=O)c2C1. The first-order valence-corrected chi connectivity index (χ1v) is 14.6. The van der Waals surface area contributed by atoms with Crippen molar-refractivity contribution in [1.29, 1.82) is 0 Å². The molecule has 1 fully saturated rings. The number of thiophene rings is 1. The summed E-state index contributed by atoms with van der Waals surface area (Å²) in [6.45, 7) is 0.600. The zero-order valence-corrected chi connectivity index (χ0v) is 22.8. The predicted octanol–water partition coefficient (Wildman–Crippen LogP) is 5.74. The molecular formula is C33H29N3O3S. The number of hydrogen-bond donors (Lipinski definition) is 2. The highest BCUT2D eigenvalue weighted by Gasteiger charge is 2.48. The van der Waals surface area contributed by atoms with Crippen LogP contribution in [0.5, 0.6) is 0 Å². The lowest BCUT2D eigenvalue weighted by molar-refractivity contribution is -0.141. The van der Waals surface area contributed by atoms with Crippen LogP contribution in [0.1, 0.15) is 53.6 Å². The van der Waals surface area contributed by atoms with Crippen LogP contribution in [0, 0.1) is 0 Å². The molecule has 0 unspecified atom stereocenters. The molecule has 0 radical (unpaired) electrons. The average molecular weight is 548 g/mol. The number of aliphatic hydroxyl groups excluding tert-OH is 1. The van der Waals surface area contributed by atoms with Crippen molar-refractivity contribution in [3.63, 3.8) is 0 Å². The molecule has 7 heteroatoms. The summed E-state index contributed by atoms with van der Waals surface area (Å²) in [6.07, 6.45) is 1.90. The molecule has 1 amide bonds. The molecule has 0 bridgehead atoms. The van der Waals surface area contributed by atoms with Gasteiger partial charge in [0.25, 0.3) is 11.5 Å². The van der Waals surface area contributed by atoms with Gasteiger partial charge in [-0.1, -0.05) is 66.7 Å². The normalized spacial score (nSPS) is 16.8. The van der Waals surface area contributed by atoms with Crippen LogP contribution in [0.15, 0.2) is 89.7 Å². The van der Waals surface area contributed by atoms with Crippen molar-refractivity contribution in [2.75, 3.05) is 6.54 Å². The van der Waals surface area contributed by atoms with Crippen molar-refractivity contribution in [2.24, 2.45) is 0 Å². The second kappa shape index (κ2) is 9.84. The highest BCUT2D eigenvalue weighted by Crippen LogP contribution is 2.52. The third-order valence-corrected chi connectivity index (χ3v) is 9.44. The first-order chi connectivity index (χ1) is 19.5. The number of hydrogen-bond acceptors (Lipinski definition) is 5. The molecule has 1 aliphatic carbocycles. The molecule has 7 rings (SSSR count). The van der Waals surface area contributed by atoms with Crippen LogP contribution >= 0.6 is 11.3 Å². The van der Waals surface area contributed by atoms with E-state index in [1.165, 1.54) is 15.6 Å². The number of H-pyrrole nitrogens is 1. The number of nitrogens with one attached hydrogen (secondary N) is 1. The van der Waals surface area contributed by atoms with Gasteiger partial charge in [-0.2, -0.15) is 0 Å². The number of benzene rings is 3. The molecule has 3 heterocycles. The number of carbonyl (C=O) groups is 1. The summed E-state index contributed by atoms with van der Waals surface area (Å²) in [7, 11) is 0. The lowest BCUT2D eigenvalue weighted by atomic mass is 9.94. The number of aliphatic hydroxyl groups is 1. The molecule has 0 saturated heterocycles. The van der Waals surface area contributed by atoms with E-state index in [0.717, 1.165) is 34.8 Å². The number of carbonyl (C=O) groups excluding carboxylic acids is 1. The van der Waals surface area contributed by atoms with E-state index in [9.17, 15) is 14.7 Å². The molecule has 1 aliphatic heterocycles. The average Bonchev–Trinajstić information content (AvgIpc) is 3.74. The molecule has 0 spiro atoms. The fraction of sp³-hybridized carbons (Fsp3) is 0.242. The van der Waals surface area contributed by atoms with E-state index < -0.39 is 12.0 Å². The Bertz CT molecular complexity index is 1760. The summed E-state index contributed by atoms with van der Waals surface area (Å²) in [4.78, 5) is 37.6. The predicted molar refractivity (Wildman–Crippen MR) is 157 cm³/mol. The standard InChI is InChI=1S/C33H29N3O3S/c37-29(23-10-6-9-21(18-23)28-19-22-8-4-5-14-27(22)40-28)31(39)36-17-7-13-26-25(20-36)30(38)35-32(34-26)33(15-16-33)24-11-2-1-3-12-24/h1-6,8-12,14,18-19,29,37H,7,13,15-17,20H2,(H,34,35,38)/t29-/m1/s1. The van der Waals surface area contributed by atoms with Gasteiger partial charge >= 0.3 is 0 Å². The number of amides is 1. The zero-order chi connectivity index (χ0) is 27.3. The van der Waals surface area contributed by atoms with Gasteiger partial charge < -0.3 is 15.0 Å². The summed E-state index contributed by atoms with van der Waals surface area (Å²) in [6, 6.07) is 28.1. The number of aryl methyl sites for hydroxylation is 1. The number of aromatic amines is 1. The van der Waals surface area contributed by atoms with E-state index >= 15 is 0 Å². The smallest absolute Gasteiger partial charge is 0.256 e. The van der Waals surface area contributed by atoms with E-state index in [0.29, 0.717) is 30.5 Å². The Hall–Kier alpha value is -4.07. The van der Waals surface area contributed by atoms with Gasteiger partial charge in [0, 0.05) is 16.1 Å². The molecule has 5 aromatic rings. The monoisotopic (exact) mass is 547 g/mol. The van der Waals surface area contributed by atoms with E-state index in [4.69, 9.17) is 4.98 Å². The molecule has 2 N–H and O–H groups in total. The summed E-state index contributed by atoms with van der Waals surface area (Å²) < 4.78 is 1.20. The van der Waals surface area contributed by atoms with Crippen LogP contribution in [-0.2, 0) is 23.2 Å². The van der Waals surface area contributed by atoms with Crippen molar-refractivity contribution >= 4 is 27.3 Å². The molecule has 2 aliphatic rings. The summed E-state index contributed by atoms with van der Waals surface area (Å²) in [5.74, 6) is 0.327. The third-order valence-electron chi connectivity index (χ3n) is 8.28. The van der Waals surface area contributed by atoms with Gasteiger partial charge in [0.1, 0.15) is 5.82 Å². The molecule has 1 atom stereocenters. The Labute approximate surface area is 236 Å². The van der Waals surface area contributed by atoms with Gasteiger partial charge in [0.15, 0.2) is 6.10 Å². The van der Waals surface area contributed by atoms with Crippen LogP contribution in [0.3, 0.4) is 0 Å². The van der Waals surface area contributed by atoms with E-state index in [-0.39, 0.29) is 17.5 Å². The topological polar surface area (TPSA) is 86.3 Å². The minimum absolute atomic E-state index is 0.141. The van der Waals surface area contributed by atoms with Crippen molar-refractivity contribution in [3.8, 4) is 10.4 Å². The Morgan fingerprint density at radius 1 is 1.00 bits per heavy atom. The van der Waals surface area contributed by atoms with Gasteiger partial charge in [-0.25, -0.2) is 4.98 Å². The molecule has 40 heavy (non-hydrogen) atoms. The first-order valence-electron chi connectivity index (χ1n) is 13.8. The number of aromatic nitrogens is 2. The largest absolute Gasteiger partial charge is 0.378 e. The lowest BCUT2D eigenvalue weighted by Gasteiger charge is -2.24. The Morgan fingerprint density at radius 3 is 2.60 bits per heavy atom. The van der Waals surface area contributed by atoms with Crippen molar-refractivity contribution in [2.45, 2.75) is 43.7 Å². The number of rotatable bonds is 5. The Morgan fingerprint density at radius 2 is 1.80 bits per heavy atom. The van der Waals surface area contributed by atoms with Crippen LogP contribution in [0.25, 0.3) is 20.5 Å². The van der Waals surface area contributed by atoms with E-state index in [1.54, 1.807) is 22.3 Å². The van der Waals surface area contributed by atoms with Gasteiger partial charge in [0.05, 0.1) is 23.2 Å². The highest BCUT2D eigenvalue weighted by molar-refractivity contribution is 7.22. The first kappa shape index (κ1) is 24.9. The third kappa shape index (κ3) is 4.35. The second-order valence-corrected chi connectivity index (χ2v) is 11.9. The van der Waals surface area contributed by atoms with Gasteiger partial charge in [0.2, 0.25) is 0 Å². The molecule has 2 aromatic heterocycles. The minimum Gasteiger partial charge on any atom is -0.378 e. The van der Waals surface area contributed by atoms with E-state index in [1.807, 2.05) is 48.5 Å². The van der Waals surface area contributed by atoms with Gasteiger partial charge in [-0.05, 0) is 66.0 Å². The molecule has 3 aromatic carbocycles. The summed E-state index contributed by atoms with van der Waals surface area (Å²) >= 11 is 1.69. The molecule has 6 nitrogen and oxygen atoms in total. The zero-order valence-electron chi connectivity index (χ0n) is 22.0. The molecule has 1 saturated carbocycles. The Balaban J connectivity index is 1.14. The number of nitrogens with zero attached hydrogens (tertiary/aromatic N) is 2. The minimum atomic E-state index is -1.31. The van der Waals surface area contributed by atoms with Crippen molar-refractivity contribution in [3.05, 3.63) is 123 Å². The maximum Gasteiger partial charge on any atom is 0.256 e. The van der Waals surface area contributed by atoms with E-state index in [2.05, 4.69) is 35.3 Å². The molecular weight excluding hydrogens is 518 g/mol. The van der Waals surface area contributed by atoms with Crippen LogP contribution < -0.4 is 5.56 Å².